The summed E-state index contributed by atoms with van der Waals surface area (Å²) in [6.07, 6.45) is 10.9. The molecule has 5 rings (SSSR count). The second-order valence-corrected chi connectivity index (χ2v) is 15.2. The average molecular weight is 475 g/mol. The Hall–Kier alpha value is -0.610. The first-order valence-electron chi connectivity index (χ1n) is 14.2. The minimum atomic E-state index is -1.63. The van der Waals surface area contributed by atoms with Gasteiger partial charge in [-0.25, -0.2) is 4.79 Å². The summed E-state index contributed by atoms with van der Waals surface area (Å²) in [7, 11) is 0. The van der Waals surface area contributed by atoms with Crippen LogP contribution in [-0.2, 0) is 4.79 Å². The second-order valence-electron chi connectivity index (χ2n) is 15.2. The Kier molecular flexibility index (Phi) is 5.34. The van der Waals surface area contributed by atoms with Crippen LogP contribution in [0.4, 0.5) is 0 Å². The Morgan fingerprint density at radius 1 is 0.735 bits per heavy atom. The van der Waals surface area contributed by atoms with Crippen LogP contribution in [0, 0.1) is 56.7 Å². The number of aliphatic hydroxyl groups is 2. The summed E-state index contributed by atoms with van der Waals surface area (Å²) in [6, 6.07) is 0. The van der Waals surface area contributed by atoms with Gasteiger partial charge in [0.1, 0.15) is 0 Å². The molecule has 4 nitrogen and oxygen atoms in total. The van der Waals surface area contributed by atoms with Crippen molar-refractivity contribution in [1.82, 2.24) is 0 Å². The number of rotatable bonds is 2. The first-order valence-corrected chi connectivity index (χ1v) is 14.2. The van der Waals surface area contributed by atoms with Crippen LogP contribution in [0.1, 0.15) is 113 Å². The molecule has 194 valence electrons. The number of carboxylic acids is 1. The average Bonchev–Trinajstić information content (AvgIpc) is 3.09. The van der Waals surface area contributed by atoms with Gasteiger partial charge in [-0.3, -0.25) is 0 Å². The van der Waals surface area contributed by atoms with E-state index >= 15 is 0 Å². The predicted octanol–water partition coefficient (Wildman–Crippen LogP) is 6.28. The van der Waals surface area contributed by atoms with E-state index in [2.05, 4.69) is 41.5 Å². The third kappa shape index (κ3) is 2.82. The lowest BCUT2D eigenvalue weighted by atomic mass is 9.32. The van der Waals surface area contributed by atoms with Crippen molar-refractivity contribution in [2.75, 3.05) is 0 Å². The smallest absolute Gasteiger partial charge is 0.335 e. The zero-order chi connectivity index (χ0) is 25.1. The van der Waals surface area contributed by atoms with Gasteiger partial charge in [-0.05, 0) is 122 Å². The first-order chi connectivity index (χ1) is 15.6. The number of carboxylic acid groups (broad SMARTS) is 1. The third-order valence-electron chi connectivity index (χ3n) is 14.1. The number of fused-ring (bicyclic) bond motifs is 7. The van der Waals surface area contributed by atoms with Crippen molar-refractivity contribution in [2.45, 2.75) is 124 Å². The molecule has 0 bridgehead atoms. The molecule has 0 spiro atoms. The number of carbonyl (C=O) groups is 1. The Morgan fingerprint density at radius 2 is 1.26 bits per heavy atom. The van der Waals surface area contributed by atoms with Gasteiger partial charge in [0.05, 0.1) is 6.10 Å². The molecule has 0 saturated heterocycles. The quantitative estimate of drug-likeness (QED) is 0.440. The lowest BCUT2D eigenvalue weighted by molar-refractivity contribution is -0.253. The fourth-order valence-electron chi connectivity index (χ4n) is 12.0. The van der Waals surface area contributed by atoms with Crippen molar-refractivity contribution in [1.29, 1.82) is 0 Å². The van der Waals surface area contributed by atoms with Gasteiger partial charge in [-0.2, -0.15) is 0 Å². The van der Waals surface area contributed by atoms with E-state index in [1.54, 1.807) is 6.92 Å². The molecule has 5 aliphatic carbocycles. The van der Waals surface area contributed by atoms with E-state index in [1.165, 1.54) is 25.7 Å². The maximum absolute atomic E-state index is 11.9. The molecule has 5 saturated carbocycles. The highest BCUT2D eigenvalue weighted by atomic mass is 16.4. The zero-order valence-electron chi connectivity index (χ0n) is 22.8. The molecule has 4 heteroatoms. The molecule has 0 aromatic carbocycles. The number of hydrogen-bond donors (Lipinski definition) is 3. The van der Waals surface area contributed by atoms with Gasteiger partial charge in [0.25, 0.3) is 0 Å². The zero-order valence-corrected chi connectivity index (χ0v) is 22.8. The molecule has 0 aromatic heterocycles. The summed E-state index contributed by atoms with van der Waals surface area (Å²) in [4.78, 5) is 11.9. The van der Waals surface area contributed by atoms with Crippen molar-refractivity contribution >= 4 is 5.97 Å². The molecule has 5 fully saturated rings. The van der Waals surface area contributed by atoms with Crippen LogP contribution in [0.2, 0.25) is 0 Å². The standard InChI is InChI=1S/C30H50O4/c1-25(2)20-12-17-29(6)22(27(20,4)15-13-23(25)31)9-8-21-26(3)14-10-19(30(7,34)24(32)33)18(26)11-16-28(21,29)5/h18-23,31,34H,8-17H2,1-7H3,(H,32,33). The van der Waals surface area contributed by atoms with Crippen LogP contribution in [-0.4, -0.2) is 33.0 Å². The minimum Gasteiger partial charge on any atom is -0.479 e. The van der Waals surface area contributed by atoms with Gasteiger partial charge in [0.15, 0.2) is 5.60 Å². The molecule has 0 amide bonds. The Labute approximate surface area is 207 Å². The Bertz CT molecular complexity index is 864. The summed E-state index contributed by atoms with van der Waals surface area (Å²) < 4.78 is 0. The molecule has 0 aliphatic heterocycles. The van der Waals surface area contributed by atoms with Gasteiger partial charge in [0.2, 0.25) is 0 Å². The normalized spacial score (nSPS) is 55.8. The van der Waals surface area contributed by atoms with Crippen LogP contribution in [0.5, 0.6) is 0 Å². The second kappa shape index (κ2) is 7.24. The molecule has 0 radical (unpaired) electrons. The van der Waals surface area contributed by atoms with Crippen molar-refractivity contribution in [3.8, 4) is 0 Å². The molecular weight excluding hydrogens is 424 g/mol. The van der Waals surface area contributed by atoms with E-state index in [9.17, 15) is 20.1 Å². The molecule has 11 unspecified atom stereocenters. The molecule has 34 heavy (non-hydrogen) atoms. The lowest BCUT2D eigenvalue weighted by Crippen LogP contribution is -2.67. The van der Waals surface area contributed by atoms with Crippen LogP contribution in [0.15, 0.2) is 0 Å². The Morgan fingerprint density at radius 3 is 1.85 bits per heavy atom. The highest BCUT2D eigenvalue weighted by Crippen LogP contribution is 2.78. The van der Waals surface area contributed by atoms with Crippen LogP contribution in [0.25, 0.3) is 0 Å². The highest BCUT2D eigenvalue weighted by molar-refractivity contribution is 5.77. The van der Waals surface area contributed by atoms with Gasteiger partial charge in [-0.15, -0.1) is 0 Å². The van der Waals surface area contributed by atoms with Crippen molar-refractivity contribution in [2.24, 2.45) is 56.7 Å². The summed E-state index contributed by atoms with van der Waals surface area (Å²) in [6.45, 7) is 16.4. The maximum atomic E-state index is 11.9. The molecule has 5 aliphatic rings. The predicted molar refractivity (Wildman–Crippen MR) is 134 cm³/mol. The molecule has 11 atom stereocenters. The number of aliphatic carboxylic acids is 1. The number of hydrogen-bond acceptors (Lipinski definition) is 3. The molecular formula is C30H50O4. The van der Waals surface area contributed by atoms with Crippen molar-refractivity contribution in [3.63, 3.8) is 0 Å². The maximum Gasteiger partial charge on any atom is 0.335 e. The van der Waals surface area contributed by atoms with Crippen LogP contribution < -0.4 is 0 Å². The fraction of sp³-hybridized carbons (Fsp3) is 0.967. The lowest BCUT2D eigenvalue weighted by Gasteiger charge is -2.73. The number of aliphatic hydroxyl groups excluding tert-OH is 1. The topological polar surface area (TPSA) is 77.8 Å². The molecule has 0 heterocycles. The van der Waals surface area contributed by atoms with Crippen LogP contribution in [0.3, 0.4) is 0 Å². The summed E-state index contributed by atoms with van der Waals surface area (Å²) in [5, 5.41) is 31.6. The Balaban J connectivity index is 1.50. The van der Waals surface area contributed by atoms with Crippen LogP contribution >= 0.6 is 0 Å². The van der Waals surface area contributed by atoms with E-state index < -0.39 is 11.6 Å². The van der Waals surface area contributed by atoms with E-state index in [4.69, 9.17) is 0 Å². The largest absolute Gasteiger partial charge is 0.479 e. The summed E-state index contributed by atoms with van der Waals surface area (Å²) >= 11 is 0. The van der Waals surface area contributed by atoms with Gasteiger partial charge >= 0.3 is 5.97 Å². The highest BCUT2D eigenvalue weighted by Gasteiger charge is 2.71. The third-order valence-corrected chi connectivity index (χ3v) is 14.1. The first kappa shape index (κ1) is 25.1. The SMILES string of the molecule is CC(O)(C(=O)O)C1CCC2(C)C1CCC1(C)C2CCC2C3(C)CCC(O)C(C)(C)C3CCC21C. The van der Waals surface area contributed by atoms with Crippen molar-refractivity contribution < 1.29 is 20.1 Å². The van der Waals surface area contributed by atoms with Crippen molar-refractivity contribution in [3.05, 3.63) is 0 Å². The molecule has 3 N–H and O–H groups in total. The molecule has 0 aromatic rings. The van der Waals surface area contributed by atoms with Gasteiger partial charge in [0, 0.05) is 5.92 Å². The van der Waals surface area contributed by atoms with E-state index in [0.29, 0.717) is 23.7 Å². The van der Waals surface area contributed by atoms with E-state index in [0.717, 1.165) is 38.5 Å². The fourth-order valence-corrected chi connectivity index (χ4v) is 12.0. The van der Waals surface area contributed by atoms with E-state index in [1.807, 2.05) is 0 Å². The van der Waals surface area contributed by atoms with Gasteiger partial charge < -0.3 is 15.3 Å². The minimum absolute atomic E-state index is 0.0171. The van der Waals surface area contributed by atoms with E-state index in [-0.39, 0.29) is 39.1 Å². The van der Waals surface area contributed by atoms with Gasteiger partial charge in [-0.1, -0.05) is 41.5 Å². The summed E-state index contributed by atoms with van der Waals surface area (Å²) in [5.74, 6) is 0.962. The monoisotopic (exact) mass is 474 g/mol. The summed E-state index contributed by atoms with van der Waals surface area (Å²) in [5.41, 5.74) is -0.716.